The molecule has 0 radical (unpaired) electrons. The summed E-state index contributed by atoms with van der Waals surface area (Å²) in [5.74, 6) is 0.357. The van der Waals surface area contributed by atoms with E-state index in [2.05, 4.69) is 26.1 Å². The number of carbonyl (C=O) groups excluding carboxylic acids is 1. The molecule has 178 valence electrons. The third-order valence-corrected chi connectivity index (χ3v) is 7.72. The Morgan fingerprint density at radius 2 is 1.97 bits per heavy atom. The predicted octanol–water partition coefficient (Wildman–Crippen LogP) is 2.35. The molecule has 32 heavy (non-hydrogen) atoms. The van der Waals surface area contributed by atoms with Gasteiger partial charge in [0, 0.05) is 7.11 Å². The number of amides is 1. The molecule has 5 rings (SSSR count). The van der Waals surface area contributed by atoms with Crippen LogP contribution in [0.25, 0.3) is 0 Å². The molecule has 3 saturated carbocycles. The van der Waals surface area contributed by atoms with Gasteiger partial charge in [0.1, 0.15) is 6.04 Å². The summed E-state index contributed by atoms with van der Waals surface area (Å²) in [6.45, 7) is 7.69. The van der Waals surface area contributed by atoms with E-state index >= 15 is 0 Å². The lowest BCUT2D eigenvalue weighted by Crippen LogP contribution is -2.65. The lowest BCUT2D eigenvalue weighted by Gasteiger charge is -2.64. The molecule has 1 amide bonds. The van der Waals surface area contributed by atoms with Crippen LogP contribution in [0.3, 0.4) is 0 Å². The molecule has 9 heteroatoms. The normalized spacial score (nSPS) is 31.7. The summed E-state index contributed by atoms with van der Waals surface area (Å²) in [4.78, 5) is 12.6. The van der Waals surface area contributed by atoms with Gasteiger partial charge in [0.15, 0.2) is 0 Å². The Morgan fingerprint density at radius 3 is 2.62 bits per heavy atom. The van der Waals surface area contributed by atoms with E-state index in [0.29, 0.717) is 18.4 Å². The fourth-order valence-electron chi connectivity index (χ4n) is 5.68. The van der Waals surface area contributed by atoms with Crippen LogP contribution in [0.4, 0.5) is 0 Å². The standard InChI is InChI=1S/C23H35BN2O5.ClH/c1-22(2)16-10-18(22)23(3)19(11-16)30-24(31-23)20(26-21(27)17(25)13-28-4)14-29-12-15-8-6-5-7-9-15;/h5-9,16-20H,10-14,25H2,1-4H3,(H,26,27);1H/t16-,17+,18-,19+,20-,23-;/m0./s1. The minimum Gasteiger partial charge on any atom is -0.404 e. The molecule has 4 aliphatic rings. The largest absolute Gasteiger partial charge is 0.484 e. The Kier molecular flexibility index (Phi) is 7.95. The maximum absolute atomic E-state index is 12.6. The molecule has 7 nitrogen and oxygen atoms in total. The first-order chi connectivity index (χ1) is 14.8. The van der Waals surface area contributed by atoms with Gasteiger partial charge in [0.2, 0.25) is 5.91 Å². The number of ether oxygens (including phenoxy) is 2. The third-order valence-electron chi connectivity index (χ3n) is 7.72. The number of hydrogen-bond donors (Lipinski definition) is 2. The molecule has 1 aliphatic heterocycles. The zero-order chi connectivity index (χ0) is 22.2. The van der Waals surface area contributed by atoms with Gasteiger partial charge in [-0.2, -0.15) is 0 Å². The van der Waals surface area contributed by atoms with Crippen LogP contribution in [0, 0.1) is 17.3 Å². The number of rotatable bonds is 9. The van der Waals surface area contributed by atoms with Crippen molar-refractivity contribution in [3.05, 3.63) is 35.9 Å². The van der Waals surface area contributed by atoms with Crippen LogP contribution in [0.5, 0.6) is 0 Å². The summed E-state index contributed by atoms with van der Waals surface area (Å²) in [6, 6.07) is 9.19. The fraction of sp³-hybridized carbons (Fsp3) is 0.696. The van der Waals surface area contributed by atoms with Crippen LogP contribution < -0.4 is 11.1 Å². The van der Waals surface area contributed by atoms with Crippen LogP contribution in [-0.4, -0.2) is 57.0 Å². The molecule has 1 saturated heterocycles. The molecule has 3 N–H and O–H groups in total. The molecule has 1 aromatic rings. The molecular formula is C23H36BClN2O5. The number of nitrogens with one attached hydrogen (secondary N) is 1. The maximum atomic E-state index is 12.6. The van der Waals surface area contributed by atoms with Gasteiger partial charge in [-0.05, 0) is 42.6 Å². The van der Waals surface area contributed by atoms with Crippen LogP contribution in [0.1, 0.15) is 39.2 Å². The summed E-state index contributed by atoms with van der Waals surface area (Å²) < 4.78 is 23.9. The summed E-state index contributed by atoms with van der Waals surface area (Å²) in [6.07, 6.45) is 2.21. The van der Waals surface area contributed by atoms with Crippen molar-refractivity contribution in [2.75, 3.05) is 20.3 Å². The lowest BCUT2D eigenvalue weighted by molar-refractivity contribution is -0.199. The second kappa shape index (κ2) is 9.99. The molecule has 3 aliphatic carbocycles. The topological polar surface area (TPSA) is 92.0 Å². The second-order valence-corrected chi connectivity index (χ2v) is 10.0. The van der Waals surface area contributed by atoms with Gasteiger partial charge >= 0.3 is 7.12 Å². The molecule has 0 unspecified atom stereocenters. The van der Waals surface area contributed by atoms with E-state index in [-0.39, 0.29) is 48.6 Å². The number of carbonyl (C=O) groups is 1. The van der Waals surface area contributed by atoms with E-state index in [1.165, 1.54) is 13.5 Å². The minimum absolute atomic E-state index is 0. The van der Waals surface area contributed by atoms with E-state index in [4.69, 9.17) is 24.5 Å². The number of nitrogens with two attached hydrogens (primary N) is 1. The highest BCUT2D eigenvalue weighted by atomic mass is 35.5. The summed E-state index contributed by atoms with van der Waals surface area (Å²) in [5.41, 5.74) is 6.92. The third kappa shape index (κ3) is 4.72. The highest BCUT2D eigenvalue weighted by molar-refractivity contribution is 6.48. The van der Waals surface area contributed by atoms with Gasteiger partial charge in [-0.25, -0.2) is 0 Å². The Bertz CT molecular complexity index is 785. The summed E-state index contributed by atoms with van der Waals surface area (Å²) >= 11 is 0. The van der Waals surface area contributed by atoms with Gasteiger partial charge in [-0.15, -0.1) is 12.4 Å². The van der Waals surface area contributed by atoms with Crippen LogP contribution >= 0.6 is 12.4 Å². The zero-order valence-corrected chi connectivity index (χ0v) is 20.2. The van der Waals surface area contributed by atoms with Gasteiger partial charge < -0.3 is 29.8 Å². The van der Waals surface area contributed by atoms with Crippen molar-refractivity contribution >= 4 is 25.4 Å². The Hall–Kier alpha value is -1.16. The van der Waals surface area contributed by atoms with Gasteiger partial charge in [-0.1, -0.05) is 44.2 Å². The minimum atomic E-state index is -0.757. The SMILES string of the molecule is COC[C@@H](N)C(=O)N[C@@H](COCc1ccccc1)B1O[C@@H]2C[C@@H]3C[C@@H](C3(C)C)[C@]2(C)O1.Cl. The fourth-order valence-corrected chi connectivity index (χ4v) is 5.68. The van der Waals surface area contributed by atoms with E-state index in [1.807, 2.05) is 30.3 Å². The first-order valence-electron chi connectivity index (χ1n) is 11.3. The second-order valence-electron chi connectivity index (χ2n) is 10.0. The predicted molar refractivity (Wildman–Crippen MR) is 125 cm³/mol. The van der Waals surface area contributed by atoms with Crippen molar-refractivity contribution in [1.29, 1.82) is 0 Å². The summed E-state index contributed by atoms with van der Waals surface area (Å²) in [5, 5.41) is 2.99. The van der Waals surface area contributed by atoms with E-state index in [0.717, 1.165) is 12.0 Å². The van der Waals surface area contributed by atoms with Crippen LogP contribution in [0.2, 0.25) is 0 Å². The van der Waals surface area contributed by atoms with Crippen molar-refractivity contribution in [3.8, 4) is 0 Å². The van der Waals surface area contributed by atoms with E-state index < -0.39 is 19.1 Å². The van der Waals surface area contributed by atoms with Crippen molar-refractivity contribution in [2.45, 2.75) is 63.9 Å². The average Bonchev–Trinajstić information content (AvgIpc) is 3.10. The monoisotopic (exact) mass is 466 g/mol. The first kappa shape index (κ1) is 25.5. The zero-order valence-electron chi connectivity index (χ0n) is 19.4. The summed E-state index contributed by atoms with van der Waals surface area (Å²) in [7, 11) is 0.954. The molecule has 1 heterocycles. The average molecular weight is 467 g/mol. The molecule has 4 fully saturated rings. The van der Waals surface area contributed by atoms with Gasteiger partial charge in [-0.3, -0.25) is 4.79 Å². The molecule has 6 atom stereocenters. The molecular weight excluding hydrogens is 431 g/mol. The molecule has 0 spiro atoms. The van der Waals surface area contributed by atoms with Crippen molar-refractivity contribution in [2.24, 2.45) is 23.0 Å². The molecule has 0 aromatic heterocycles. The Morgan fingerprint density at radius 1 is 1.25 bits per heavy atom. The van der Waals surface area contributed by atoms with E-state index in [1.54, 1.807) is 0 Å². The maximum Gasteiger partial charge on any atom is 0.484 e. The number of methoxy groups -OCH3 is 1. The van der Waals surface area contributed by atoms with Crippen molar-refractivity contribution < 1.29 is 23.6 Å². The van der Waals surface area contributed by atoms with Crippen LogP contribution in [-0.2, 0) is 30.2 Å². The highest BCUT2D eigenvalue weighted by Crippen LogP contribution is 2.65. The molecule has 1 aromatic carbocycles. The number of hydrogen-bond acceptors (Lipinski definition) is 6. The highest BCUT2D eigenvalue weighted by Gasteiger charge is 2.68. The number of benzene rings is 1. The first-order valence-corrected chi connectivity index (χ1v) is 11.3. The molecule has 2 bridgehead atoms. The van der Waals surface area contributed by atoms with Crippen molar-refractivity contribution in [1.82, 2.24) is 5.32 Å². The van der Waals surface area contributed by atoms with Crippen LogP contribution in [0.15, 0.2) is 30.3 Å². The van der Waals surface area contributed by atoms with Gasteiger partial charge in [0.25, 0.3) is 0 Å². The van der Waals surface area contributed by atoms with Crippen molar-refractivity contribution in [3.63, 3.8) is 0 Å². The quantitative estimate of drug-likeness (QED) is 0.543. The lowest BCUT2D eigenvalue weighted by atomic mass is 9.43. The Balaban J connectivity index is 0.00000289. The smallest absolute Gasteiger partial charge is 0.404 e. The Labute approximate surface area is 197 Å². The van der Waals surface area contributed by atoms with Gasteiger partial charge in [0.05, 0.1) is 37.5 Å². The number of halogens is 1. The van der Waals surface area contributed by atoms with E-state index in [9.17, 15) is 4.79 Å².